The first-order valence-corrected chi connectivity index (χ1v) is 11.2. The number of urea groups is 1. The van der Waals surface area contributed by atoms with Gasteiger partial charge in [-0.25, -0.2) is 13.9 Å². The number of unbranched alkanes of at least 4 members (excludes halogenated alkanes) is 1. The first-order chi connectivity index (χ1) is 16.3. The fourth-order valence-corrected chi connectivity index (χ4v) is 4.14. The van der Waals surface area contributed by atoms with Gasteiger partial charge >= 0.3 is 6.03 Å². The Kier molecular flexibility index (Phi) is 6.45. The Labute approximate surface area is 196 Å². The smallest absolute Gasteiger partial charge is 0.319 e. The molecule has 9 heteroatoms. The van der Waals surface area contributed by atoms with Crippen LogP contribution >= 0.6 is 0 Å². The molecule has 1 aliphatic heterocycles. The quantitative estimate of drug-likeness (QED) is 0.496. The highest BCUT2D eigenvalue weighted by atomic mass is 19.1. The lowest BCUT2D eigenvalue weighted by Gasteiger charge is -2.27. The molecule has 0 aliphatic carbocycles. The van der Waals surface area contributed by atoms with Gasteiger partial charge in [0, 0.05) is 6.07 Å². The van der Waals surface area contributed by atoms with E-state index in [0.29, 0.717) is 29.2 Å². The van der Waals surface area contributed by atoms with Crippen molar-refractivity contribution in [2.75, 3.05) is 11.9 Å². The van der Waals surface area contributed by atoms with Crippen molar-refractivity contribution in [1.82, 2.24) is 20.0 Å². The molecule has 1 aliphatic rings. The maximum Gasteiger partial charge on any atom is 0.325 e. The molecule has 34 heavy (non-hydrogen) atoms. The van der Waals surface area contributed by atoms with Crippen molar-refractivity contribution in [3.05, 3.63) is 77.7 Å². The third-order valence-corrected chi connectivity index (χ3v) is 5.82. The van der Waals surface area contributed by atoms with Crippen LogP contribution in [-0.2, 0) is 15.1 Å². The van der Waals surface area contributed by atoms with E-state index in [4.69, 9.17) is 0 Å². The second-order valence-electron chi connectivity index (χ2n) is 8.30. The number of anilines is 1. The van der Waals surface area contributed by atoms with Gasteiger partial charge < -0.3 is 10.6 Å². The monoisotopic (exact) mass is 463 g/mol. The number of hydrogen-bond donors (Lipinski definition) is 2. The molecule has 4 amide bonds. The van der Waals surface area contributed by atoms with Crippen LogP contribution in [0.25, 0.3) is 5.69 Å². The minimum atomic E-state index is -1.19. The van der Waals surface area contributed by atoms with Crippen LogP contribution in [0.5, 0.6) is 0 Å². The Balaban J connectivity index is 1.54. The van der Waals surface area contributed by atoms with Gasteiger partial charge in [-0.3, -0.25) is 14.5 Å². The largest absolute Gasteiger partial charge is 0.325 e. The summed E-state index contributed by atoms with van der Waals surface area (Å²) in [4.78, 5) is 40.1. The van der Waals surface area contributed by atoms with Gasteiger partial charge in [-0.05, 0) is 43.2 Å². The van der Waals surface area contributed by atoms with Gasteiger partial charge in [-0.15, -0.1) is 0 Å². The first kappa shape index (κ1) is 23.2. The van der Waals surface area contributed by atoms with Crippen molar-refractivity contribution >= 4 is 23.7 Å². The van der Waals surface area contributed by atoms with Crippen LogP contribution in [0.15, 0.2) is 60.7 Å². The molecule has 1 saturated heterocycles. The van der Waals surface area contributed by atoms with Crippen LogP contribution in [0.3, 0.4) is 0 Å². The fourth-order valence-electron chi connectivity index (χ4n) is 4.14. The molecule has 2 heterocycles. The minimum Gasteiger partial charge on any atom is -0.319 e. The number of amides is 4. The van der Waals surface area contributed by atoms with Crippen molar-refractivity contribution < 1.29 is 18.8 Å². The number of imide groups is 1. The van der Waals surface area contributed by atoms with Crippen LogP contribution < -0.4 is 10.6 Å². The molecule has 2 N–H and O–H groups in total. The van der Waals surface area contributed by atoms with Gasteiger partial charge in [0.2, 0.25) is 5.91 Å². The molecule has 1 aromatic heterocycles. The zero-order chi connectivity index (χ0) is 24.3. The SMILES string of the molecule is CCCCC1(c2ccccc2)NC(=O)N(CC(=O)Nc2cc(C)nn2-c2ccc(F)cc2)C1=O. The molecule has 176 valence electrons. The van der Waals surface area contributed by atoms with Crippen LogP contribution in [0.2, 0.25) is 0 Å². The molecule has 1 unspecified atom stereocenters. The third-order valence-electron chi connectivity index (χ3n) is 5.82. The molecular formula is C25H26FN5O3. The molecule has 3 aromatic rings. The molecule has 2 aromatic carbocycles. The van der Waals surface area contributed by atoms with Crippen molar-refractivity contribution in [2.24, 2.45) is 0 Å². The Morgan fingerprint density at radius 3 is 2.50 bits per heavy atom. The average molecular weight is 464 g/mol. The predicted molar refractivity (Wildman–Crippen MR) is 125 cm³/mol. The van der Waals surface area contributed by atoms with Crippen LogP contribution in [0.4, 0.5) is 15.0 Å². The summed E-state index contributed by atoms with van der Waals surface area (Å²) in [6.45, 7) is 3.32. The number of nitrogens with zero attached hydrogens (tertiary/aromatic N) is 3. The molecule has 0 spiro atoms. The second-order valence-corrected chi connectivity index (χ2v) is 8.30. The number of aryl methyl sites for hydroxylation is 1. The van der Waals surface area contributed by atoms with Crippen LogP contribution in [0.1, 0.15) is 37.4 Å². The van der Waals surface area contributed by atoms with E-state index in [1.54, 1.807) is 25.1 Å². The maximum absolute atomic E-state index is 13.5. The highest BCUT2D eigenvalue weighted by Gasteiger charge is 2.52. The van der Waals surface area contributed by atoms with Gasteiger partial charge in [0.05, 0.1) is 11.4 Å². The summed E-state index contributed by atoms with van der Waals surface area (Å²) in [7, 11) is 0. The number of aromatic nitrogens is 2. The molecule has 0 radical (unpaired) electrons. The molecule has 8 nitrogen and oxygen atoms in total. The number of hydrogen-bond acceptors (Lipinski definition) is 4. The van der Waals surface area contributed by atoms with Gasteiger partial charge in [0.15, 0.2) is 0 Å². The molecule has 1 fully saturated rings. The number of benzene rings is 2. The minimum absolute atomic E-state index is 0.349. The third kappa shape index (κ3) is 4.41. The average Bonchev–Trinajstić information content (AvgIpc) is 3.31. The normalized spacial score (nSPS) is 17.7. The molecular weight excluding hydrogens is 437 g/mol. The lowest BCUT2D eigenvalue weighted by molar-refractivity contribution is -0.134. The predicted octanol–water partition coefficient (Wildman–Crippen LogP) is 3.90. The lowest BCUT2D eigenvalue weighted by atomic mass is 9.85. The van der Waals surface area contributed by atoms with E-state index in [0.717, 1.165) is 17.7 Å². The van der Waals surface area contributed by atoms with Crippen LogP contribution in [-0.4, -0.2) is 39.1 Å². The summed E-state index contributed by atoms with van der Waals surface area (Å²) >= 11 is 0. The van der Waals surface area contributed by atoms with E-state index >= 15 is 0 Å². The summed E-state index contributed by atoms with van der Waals surface area (Å²) in [5.74, 6) is -1.04. The highest BCUT2D eigenvalue weighted by Crippen LogP contribution is 2.34. The van der Waals surface area contributed by atoms with Crippen molar-refractivity contribution in [1.29, 1.82) is 0 Å². The number of rotatable bonds is 8. The van der Waals surface area contributed by atoms with Gasteiger partial charge in [0.25, 0.3) is 5.91 Å². The summed E-state index contributed by atoms with van der Waals surface area (Å²) in [5.41, 5.74) is 0.690. The van der Waals surface area contributed by atoms with E-state index < -0.39 is 29.9 Å². The Morgan fingerprint density at radius 1 is 1.12 bits per heavy atom. The van der Waals surface area contributed by atoms with Gasteiger partial charge in [0.1, 0.15) is 23.7 Å². The van der Waals surface area contributed by atoms with E-state index in [9.17, 15) is 18.8 Å². The van der Waals surface area contributed by atoms with E-state index in [1.807, 2.05) is 25.1 Å². The van der Waals surface area contributed by atoms with Crippen LogP contribution in [0, 0.1) is 12.7 Å². The summed E-state index contributed by atoms with van der Waals surface area (Å²) in [5, 5.41) is 9.90. The van der Waals surface area contributed by atoms with E-state index in [2.05, 4.69) is 15.7 Å². The molecule has 1 atom stereocenters. The van der Waals surface area contributed by atoms with Crippen molar-refractivity contribution in [2.45, 2.75) is 38.6 Å². The van der Waals surface area contributed by atoms with Gasteiger partial charge in [-0.1, -0.05) is 50.1 Å². The standard InChI is InChI=1S/C25H26FN5O3/c1-3-4-14-25(18-8-6-5-7-9-18)23(33)30(24(34)28-25)16-22(32)27-21-15-17(2)29-31(21)20-12-10-19(26)11-13-20/h5-13,15H,3-4,14,16H2,1-2H3,(H,27,32)(H,28,34). The lowest BCUT2D eigenvalue weighted by Crippen LogP contribution is -2.44. The molecule has 0 saturated carbocycles. The zero-order valence-electron chi connectivity index (χ0n) is 19.0. The van der Waals surface area contributed by atoms with Crippen molar-refractivity contribution in [3.8, 4) is 5.69 Å². The fraction of sp³-hybridized carbons (Fsp3) is 0.280. The number of carbonyl (C=O) groups is 3. The zero-order valence-corrected chi connectivity index (χ0v) is 19.0. The Hall–Kier alpha value is -4.01. The maximum atomic E-state index is 13.5. The van der Waals surface area contributed by atoms with Crippen molar-refractivity contribution in [3.63, 3.8) is 0 Å². The molecule has 0 bridgehead atoms. The summed E-state index contributed by atoms with van der Waals surface area (Å²) in [6.07, 6.45) is 2.02. The summed E-state index contributed by atoms with van der Waals surface area (Å²) < 4.78 is 14.8. The topological polar surface area (TPSA) is 96.3 Å². The molecule has 4 rings (SSSR count). The summed E-state index contributed by atoms with van der Waals surface area (Å²) in [6, 6.07) is 15.8. The Morgan fingerprint density at radius 2 is 1.82 bits per heavy atom. The highest BCUT2D eigenvalue weighted by molar-refractivity contribution is 6.10. The number of halogens is 1. The van der Waals surface area contributed by atoms with E-state index in [1.165, 1.54) is 28.9 Å². The van der Waals surface area contributed by atoms with E-state index in [-0.39, 0.29) is 5.82 Å². The number of carbonyl (C=O) groups excluding carboxylic acids is 3. The van der Waals surface area contributed by atoms with Gasteiger partial charge in [-0.2, -0.15) is 5.10 Å². The first-order valence-electron chi connectivity index (χ1n) is 11.2. The second kappa shape index (κ2) is 9.46. The number of nitrogens with one attached hydrogen (secondary N) is 2. The Bertz CT molecular complexity index is 1210.